The highest BCUT2D eigenvalue weighted by molar-refractivity contribution is 5.67. The maximum absolute atomic E-state index is 12.3. The Morgan fingerprint density at radius 2 is 1.96 bits per heavy atom. The topological polar surface area (TPSA) is 73.6 Å². The third kappa shape index (κ3) is 8.30. The van der Waals surface area contributed by atoms with Crippen LogP contribution in [0.5, 0.6) is 5.75 Å². The SMILES string of the molecule is CC(C)(C)OC(=O)NCCC=Cc1cc(N)ccc1OC(F)(F)F. The van der Waals surface area contributed by atoms with E-state index in [4.69, 9.17) is 10.5 Å². The summed E-state index contributed by atoms with van der Waals surface area (Å²) in [4.78, 5) is 11.4. The molecule has 24 heavy (non-hydrogen) atoms. The molecule has 0 spiro atoms. The third-order valence-electron chi connectivity index (χ3n) is 2.54. The zero-order valence-corrected chi connectivity index (χ0v) is 13.7. The summed E-state index contributed by atoms with van der Waals surface area (Å²) in [5, 5.41) is 2.54. The van der Waals surface area contributed by atoms with Crippen LogP contribution in [0.2, 0.25) is 0 Å². The maximum Gasteiger partial charge on any atom is 0.573 e. The minimum atomic E-state index is -4.78. The fourth-order valence-corrected chi connectivity index (χ4v) is 1.70. The first-order chi connectivity index (χ1) is 11.0. The predicted molar refractivity (Wildman–Crippen MR) is 85.4 cm³/mol. The monoisotopic (exact) mass is 346 g/mol. The van der Waals surface area contributed by atoms with Crippen molar-refractivity contribution in [1.29, 1.82) is 0 Å². The molecule has 1 aromatic rings. The van der Waals surface area contributed by atoms with Crippen LogP contribution in [-0.2, 0) is 4.74 Å². The molecule has 5 nitrogen and oxygen atoms in total. The molecular weight excluding hydrogens is 325 g/mol. The van der Waals surface area contributed by atoms with Gasteiger partial charge in [0.15, 0.2) is 0 Å². The molecule has 0 fully saturated rings. The van der Waals surface area contributed by atoms with Crippen LogP contribution in [0.4, 0.5) is 23.7 Å². The first kappa shape index (κ1) is 19.7. The van der Waals surface area contributed by atoms with E-state index in [1.54, 1.807) is 26.8 Å². The van der Waals surface area contributed by atoms with E-state index in [1.165, 1.54) is 18.2 Å². The van der Waals surface area contributed by atoms with Gasteiger partial charge >= 0.3 is 12.5 Å². The van der Waals surface area contributed by atoms with Crippen molar-refractivity contribution < 1.29 is 27.4 Å². The maximum atomic E-state index is 12.3. The summed E-state index contributed by atoms with van der Waals surface area (Å²) in [5.41, 5.74) is 5.50. The van der Waals surface area contributed by atoms with Crippen LogP contribution in [0.1, 0.15) is 32.8 Å². The van der Waals surface area contributed by atoms with Crippen molar-refractivity contribution in [2.24, 2.45) is 0 Å². The number of hydrogen-bond acceptors (Lipinski definition) is 4. The van der Waals surface area contributed by atoms with Crippen LogP contribution in [0.15, 0.2) is 24.3 Å². The number of benzene rings is 1. The van der Waals surface area contributed by atoms with Gasteiger partial charge in [-0.3, -0.25) is 0 Å². The van der Waals surface area contributed by atoms with Crippen molar-refractivity contribution in [3.05, 3.63) is 29.8 Å². The van der Waals surface area contributed by atoms with Gasteiger partial charge < -0.3 is 20.5 Å². The molecule has 1 aromatic carbocycles. The van der Waals surface area contributed by atoms with Crippen molar-refractivity contribution in [3.8, 4) is 5.75 Å². The molecule has 0 aromatic heterocycles. The zero-order chi connectivity index (χ0) is 18.4. The van der Waals surface area contributed by atoms with Crippen LogP contribution < -0.4 is 15.8 Å². The minimum absolute atomic E-state index is 0.199. The zero-order valence-electron chi connectivity index (χ0n) is 13.7. The lowest BCUT2D eigenvalue weighted by Gasteiger charge is -2.19. The number of rotatable bonds is 5. The number of ether oxygens (including phenoxy) is 2. The fourth-order valence-electron chi connectivity index (χ4n) is 1.70. The predicted octanol–water partition coefficient (Wildman–Crippen LogP) is 4.10. The normalized spacial score (nSPS) is 12.2. The molecule has 0 unspecified atom stereocenters. The second-order valence-corrected chi connectivity index (χ2v) is 5.96. The Bertz CT molecular complexity index is 593. The number of carbonyl (C=O) groups is 1. The fraction of sp³-hybridized carbons (Fsp3) is 0.438. The van der Waals surface area contributed by atoms with Crippen LogP contribution >= 0.6 is 0 Å². The summed E-state index contributed by atoms with van der Waals surface area (Å²) in [6, 6.07) is 3.85. The smallest absolute Gasteiger partial charge is 0.444 e. The Morgan fingerprint density at radius 1 is 1.29 bits per heavy atom. The number of alkyl carbamates (subject to hydrolysis) is 1. The molecule has 0 aliphatic carbocycles. The Morgan fingerprint density at radius 3 is 2.54 bits per heavy atom. The number of nitrogen functional groups attached to an aromatic ring is 1. The van der Waals surface area contributed by atoms with Crippen molar-refractivity contribution in [2.45, 2.75) is 39.2 Å². The van der Waals surface area contributed by atoms with Gasteiger partial charge in [-0.2, -0.15) is 0 Å². The standard InChI is InChI=1S/C16H21F3N2O3/c1-15(2,3)24-14(22)21-9-5-4-6-11-10-12(20)7-8-13(11)23-16(17,18)19/h4,6-8,10H,5,9,20H2,1-3H3,(H,21,22). The largest absolute Gasteiger partial charge is 0.573 e. The summed E-state index contributed by atoms with van der Waals surface area (Å²) in [6.45, 7) is 5.51. The highest BCUT2D eigenvalue weighted by Crippen LogP contribution is 2.28. The Hall–Kier alpha value is -2.38. The van der Waals surface area contributed by atoms with E-state index in [9.17, 15) is 18.0 Å². The number of alkyl halides is 3. The summed E-state index contributed by atoms with van der Waals surface area (Å²) < 4.78 is 46.0. The highest BCUT2D eigenvalue weighted by atomic mass is 19.4. The first-order valence-electron chi connectivity index (χ1n) is 7.25. The molecule has 134 valence electrons. The average molecular weight is 346 g/mol. The summed E-state index contributed by atoms with van der Waals surface area (Å²) in [6.07, 6.45) is -1.87. The summed E-state index contributed by atoms with van der Waals surface area (Å²) >= 11 is 0. The van der Waals surface area contributed by atoms with Crippen molar-refractivity contribution in [2.75, 3.05) is 12.3 Å². The van der Waals surface area contributed by atoms with Gasteiger partial charge in [0.1, 0.15) is 11.4 Å². The van der Waals surface area contributed by atoms with Gasteiger partial charge in [-0.05, 0) is 45.4 Å². The second kappa shape index (κ2) is 7.94. The van der Waals surface area contributed by atoms with E-state index in [0.29, 0.717) is 12.1 Å². The number of halogens is 3. The molecule has 0 radical (unpaired) electrons. The number of amides is 1. The number of nitrogens with two attached hydrogens (primary N) is 1. The van der Waals surface area contributed by atoms with E-state index in [2.05, 4.69) is 10.1 Å². The third-order valence-corrected chi connectivity index (χ3v) is 2.54. The van der Waals surface area contributed by atoms with E-state index in [0.717, 1.165) is 6.07 Å². The Kier molecular flexibility index (Phi) is 6.51. The molecule has 8 heteroatoms. The number of nitrogens with one attached hydrogen (secondary N) is 1. The molecule has 0 aliphatic rings. The lowest BCUT2D eigenvalue weighted by Crippen LogP contribution is -2.32. The van der Waals surface area contributed by atoms with Crippen molar-refractivity contribution in [1.82, 2.24) is 5.32 Å². The lowest BCUT2D eigenvalue weighted by atomic mass is 10.1. The van der Waals surface area contributed by atoms with Gasteiger partial charge in [0.05, 0.1) is 0 Å². The van der Waals surface area contributed by atoms with Crippen molar-refractivity contribution >= 4 is 17.9 Å². The van der Waals surface area contributed by atoms with Crippen LogP contribution in [0, 0.1) is 0 Å². The number of carbonyl (C=O) groups excluding carboxylic acids is 1. The minimum Gasteiger partial charge on any atom is -0.444 e. The molecule has 1 rings (SSSR count). The van der Waals surface area contributed by atoms with Crippen molar-refractivity contribution in [3.63, 3.8) is 0 Å². The molecule has 0 atom stereocenters. The molecular formula is C16H21F3N2O3. The molecule has 0 saturated heterocycles. The van der Waals surface area contributed by atoms with E-state index in [1.807, 2.05) is 0 Å². The molecule has 3 N–H and O–H groups in total. The van der Waals surface area contributed by atoms with E-state index >= 15 is 0 Å². The highest BCUT2D eigenvalue weighted by Gasteiger charge is 2.31. The second-order valence-electron chi connectivity index (χ2n) is 5.96. The molecule has 0 heterocycles. The molecule has 0 bridgehead atoms. The van der Waals surface area contributed by atoms with Gasteiger partial charge in [-0.15, -0.1) is 13.2 Å². The quantitative estimate of drug-likeness (QED) is 0.622. The summed E-state index contributed by atoms with van der Waals surface area (Å²) in [7, 11) is 0. The van der Waals surface area contributed by atoms with Crippen LogP contribution in [-0.4, -0.2) is 24.6 Å². The van der Waals surface area contributed by atoms with Crippen LogP contribution in [0.3, 0.4) is 0 Å². The van der Waals surface area contributed by atoms with Gasteiger partial charge in [-0.25, -0.2) is 4.79 Å². The number of anilines is 1. The van der Waals surface area contributed by atoms with Gasteiger partial charge in [0.25, 0.3) is 0 Å². The van der Waals surface area contributed by atoms with Gasteiger partial charge in [-0.1, -0.05) is 12.2 Å². The lowest BCUT2D eigenvalue weighted by molar-refractivity contribution is -0.274. The molecule has 0 saturated carbocycles. The first-order valence-corrected chi connectivity index (χ1v) is 7.25. The summed E-state index contributed by atoms with van der Waals surface area (Å²) in [5.74, 6) is -0.340. The van der Waals surface area contributed by atoms with E-state index < -0.39 is 18.1 Å². The molecule has 0 aliphatic heterocycles. The number of hydrogen-bond donors (Lipinski definition) is 2. The van der Waals surface area contributed by atoms with Gasteiger partial charge in [0.2, 0.25) is 0 Å². The average Bonchev–Trinajstić information content (AvgIpc) is 2.37. The van der Waals surface area contributed by atoms with E-state index in [-0.39, 0.29) is 17.9 Å². The molecule has 1 amide bonds. The Balaban J connectivity index is 2.58. The van der Waals surface area contributed by atoms with Crippen LogP contribution in [0.25, 0.3) is 6.08 Å². The van der Waals surface area contributed by atoms with Gasteiger partial charge in [0, 0.05) is 17.8 Å². The Labute approximate surface area is 138 Å².